The third-order valence-electron chi connectivity index (χ3n) is 5.64. The average molecular weight is 365 g/mol. The second kappa shape index (κ2) is 5.32. The van der Waals surface area contributed by atoms with Crippen LogP contribution in [-0.4, -0.2) is 38.2 Å². The Morgan fingerprint density at radius 1 is 1.26 bits per heavy atom. The summed E-state index contributed by atoms with van der Waals surface area (Å²) in [5.74, 6) is 0.337. The van der Waals surface area contributed by atoms with Crippen molar-refractivity contribution in [3.63, 3.8) is 0 Å². The number of carbonyl (C=O) groups is 1. The van der Waals surface area contributed by atoms with Crippen molar-refractivity contribution < 1.29 is 4.79 Å². The van der Waals surface area contributed by atoms with Crippen molar-refractivity contribution in [2.75, 3.05) is 17.4 Å². The summed E-state index contributed by atoms with van der Waals surface area (Å²) >= 11 is 0. The van der Waals surface area contributed by atoms with Crippen molar-refractivity contribution in [3.8, 4) is 0 Å². The number of pyridine rings is 1. The first-order chi connectivity index (χ1) is 13.0. The van der Waals surface area contributed by atoms with Crippen LogP contribution in [0.5, 0.6) is 0 Å². The third kappa shape index (κ3) is 2.11. The number of carbonyl (C=O) groups excluding carboxylic acids is 1. The van der Waals surface area contributed by atoms with Crippen LogP contribution in [0, 0.1) is 6.92 Å². The molecule has 1 saturated carbocycles. The molecule has 1 spiro atoms. The molecule has 1 fully saturated rings. The Hall–Kier alpha value is -3.36. The molecular formula is C18H19N7O2. The van der Waals surface area contributed by atoms with E-state index in [2.05, 4.69) is 25.6 Å². The van der Waals surface area contributed by atoms with Crippen LogP contribution < -0.4 is 21.2 Å². The number of aromatic amines is 1. The number of rotatable bonds is 2. The van der Waals surface area contributed by atoms with Gasteiger partial charge in [0.05, 0.1) is 5.39 Å². The van der Waals surface area contributed by atoms with Gasteiger partial charge in [-0.3, -0.25) is 14.6 Å². The number of anilines is 2. The number of fused-ring (bicyclic) bond motifs is 2. The van der Waals surface area contributed by atoms with Gasteiger partial charge in [-0.05, 0) is 43.9 Å². The Morgan fingerprint density at radius 2 is 2.07 bits per heavy atom. The Labute approximate surface area is 154 Å². The monoisotopic (exact) mass is 365 g/mol. The predicted octanol–water partition coefficient (Wildman–Crippen LogP) is 1.36. The number of amides is 1. The summed E-state index contributed by atoms with van der Waals surface area (Å²) in [6.45, 7) is 1.83. The molecule has 0 saturated heterocycles. The summed E-state index contributed by atoms with van der Waals surface area (Å²) in [6, 6.07) is 3.55. The number of hydrogen-bond donors (Lipinski definition) is 3. The fraction of sp³-hybridized carbons (Fsp3) is 0.333. The van der Waals surface area contributed by atoms with Gasteiger partial charge < -0.3 is 15.6 Å². The smallest absolute Gasteiger partial charge is 0.293 e. The number of H-pyrrole nitrogens is 1. The molecule has 27 heavy (non-hydrogen) atoms. The fourth-order valence-electron chi connectivity index (χ4n) is 3.98. The number of aryl methyl sites for hydroxylation is 1. The van der Waals surface area contributed by atoms with Gasteiger partial charge in [0.15, 0.2) is 0 Å². The summed E-state index contributed by atoms with van der Waals surface area (Å²) in [5, 5.41) is 8.85. The molecule has 0 bridgehead atoms. The normalized spacial score (nSPS) is 17.6. The molecule has 9 nitrogen and oxygen atoms in total. The first kappa shape index (κ1) is 15.9. The van der Waals surface area contributed by atoms with Crippen LogP contribution in [0.2, 0.25) is 0 Å². The van der Waals surface area contributed by atoms with Gasteiger partial charge in [-0.25, -0.2) is 14.6 Å². The molecule has 3 N–H and O–H groups in total. The maximum absolute atomic E-state index is 13.3. The largest absolute Gasteiger partial charge is 0.346 e. The number of aromatic nitrogens is 4. The molecule has 9 heteroatoms. The van der Waals surface area contributed by atoms with Gasteiger partial charge in [-0.2, -0.15) is 0 Å². The van der Waals surface area contributed by atoms with E-state index >= 15 is 0 Å². The standard InChI is InChI=1S/C18H19N7O2/c1-10-8-12(22-15-11-4-7-19-14(11)20-9-21-15)17(27)25-13(10)16(26)23-18(24(25)2)5-3-6-18/h4,7-9H,3,5-6H2,1-2H3,(H,23,26)(H2,19,20,21,22). The Morgan fingerprint density at radius 3 is 2.81 bits per heavy atom. The van der Waals surface area contributed by atoms with E-state index in [1.165, 1.54) is 11.0 Å². The quantitative estimate of drug-likeness (QED) is 0.633. The lowest BCUT2D eigenvalue weighted by Crippen LogP contribution is -2.72. The highest BCUT2D eigenvalue weighted by atomic mass is 16.2. The second-order valence-electron chi connectivity index (χ2n) is 7.16. The Bertz CT molecular complexity index is 1140. The fourth-order valence-corrected chi connectivity index (χ4v) is 3.98. The average Bonchev–Trinajstić information content (AvgIpc) is 3.09. The minimum atomic E-state index is -0.470. The van der Waals surface area contributed by atoms with E-state index in [9.17, 15) is 9.59 Å². The number of nitrogens with zero attached hydrogens (tertiary/aromatic N) is 4. The van der Waals surface area contributed by atoms with E-state index in [0.717, 1.165) is 30.2 Å². The summed E-state index contributed by atoms with van der Waals surface area (Å²) in [6.07, 6.45) is 5.89. The molecular weight excluding hydrogens is 346 g/mol. The van der Waals surface area contributed by atoms with Crippen molar-refractivity contribution in [2.24, 2.45) is 0 Å². The first-order valence-corrected chi connectivity index (χ1v) is 8.89. The van der Waals surface area contributed by atoms with Crippen LogP contribution in [0.4, 0.5) is 11.5 Å². The molecule has 3 aromatic rings. The van der Waals surface area contributed by atoms with Gasteiger partial charge in [-0.15, -0.1) is 0 Å². The summed E-state index contributed by atoms with van der Waals surface area (Å²) in [7, 11) is 1.85. The zero-order chi connectivity index (χ0) is 18.8. The first-order valence-electron chi connectivity index (χ1n) is 8.89. The SMILES string of the molecule is Cc1cc(Nc2ncnc3[nH]ccc23)c(=O)n2c1C(=O)NC1(CCC1)N2C. The number of hydrogen-bond acceptors (Lipinski definition) is 6. The van der Waals surface area contributed by atoms with Crippen LogP contribution in [0.3, 0.4) is 0 Å². The van der Waals surface area contributed by atoms with Crippen LogP contribution >= 0.6 is 0 Å². The lowest BCUT2D eigenvalue weighted by molar-refractivity contribution is 0.0698. The van der Waals surface area contributed by atoms with Crippen LogP contribution in [0.15, 0.2) is 29.5 Å². The summed E-state index contributed by atoms with van der Waals surface area (Å²) < 4.78 is 1.49. The van der Waals surface area contributed by atoms with E-state index in [4.69, 9.17) is 0 Å². The minimum Gasteiger partial charge on any atom is -0.346 e. The molecule has 0 unspecified atom stereocenters. The zero-order valence-corrected chi connectivity index (χ0v) is 15.0. The summed E-state index contributed by atoms with van der Waals surface area (Å²) in [5.41, 5.74) is 1.40. The predicted molar refractivity (Wildman–Crippen MR) is 101 cm³/mol. The molecule has 0 atom stereocenters. The highest BCUT2D eigenvalue weighted by Gasteiger charge is 2.47. The van der Waals surface area contributed by atoms with Crippen molar-refractivity contribution in [2.45, 2.75) is 31.8 Å². The van der Waals surface area contributed by atoms with Crippen molar-refractivity contribution in [1.29, 1.82) is 0 Å². The van der Waals surface area contributed by atoms with Gasteiger partial charge in [0.25, 0.3) is 11.5 Å². The molecule has 1 aliphatic carbocycles. The van der Waals surface area contributed by atoms with E-state index in [0.29, 0.717) is 22.8 Å². The molecule has 4 heterocycles. The minimum absolute atomic E-state index is 0.205. The topological polar surface area (TPSA) is 108 Å². The Kier molecular flexibility index (Phi) is 3.13. The lowest BCUT2D eigenvalue weighted by atomic mass is 9.83. The van der Waals surface area contributed by atoms with Crippen LogP contribution in [0.1, 0.15) is 35.3 Å². The molecule has 0 aromatic carbocycles. The van der Waals surface area contributed by atoms with Crippen molar-refractivity contribution in [3.05, 3.63) is 46.3 Å². The molecule has 5 rings (SSSR count). The van der Waals surface area contributed by atoms with E-state index in [1.807, 2.05) is 25.0 Å². The summed E-state index contributed by atoms with van der Waals surface area (Å²) in [4.78, 5) is 37.4. The van der Waals surface area contributed by atoms with E-state index in [-0.39, 0.29) is 11.5 Å². The zero-order valence-electron chi connectivity index (χ0n) is 15.0. The molecule has 1 aliphatic heterocycles. The highest BCUT2D eigenvalue weighted by molar-refractivity contribution is 5.96. The van der Waals surface area contributed by atoms with Gasteiger partial charge in [-0.1, -0.05) is 0 Å². The van der Waals surface area contributed by atoms with Crippen LogP contribution in [-0.2, 0) is 0 Å². The van der Waals surface area contributed by atoms with Gasteiger partial charge in [0.2, 0.25) is 0 Å². The van der Waals surface area contributed by atoms with E-state index < -0.39 is 5.66 Å². The van der Waals surface area contributed by atoms with Gasteiger partial charge in [0.1, 0.15) is 34.8 Å². The van der Waals surface area contributed by atoms with Gasteiger partial charge >= 0.3 is 0 Å². The highest BCUT2D eigenvalue weighted by Crippen LogP contribution is 2.36. The maximum atomic E-state index is 13.3. The van der Waals surface area contributed by atoms with E-state index in [1.54, 1.807) is 12.3 Å². The molecule has 1 amide bonds. The maximum Gasteiger partial charge on any atom is 0.293 e. The van der Waals surface area contributed by atoms with Crippen molar-refractivity contribution in [1.82, 2.24) is 24.9 Å². The Balaban J connectivity index is 1.66. The van der Waals surface area contributed by atoms with Crippen molar-refractivity contribution >= 4 is 28.4 Å². The molecule has 138 valence electrons. The number of nitrogens with one attached hydrogen (secondary N) is 3. The van der Waals surface area contributed by atoms with Crippen LogP contribution in [0.25, 0.3) is 11.0 Å². The third-order valence-corrected chi connectivity index (χ3v) is 5.64. The van der Waals surface area contributed by atoms with Gasteiger partial charge in [0, 0.05) is 13.2 Å². The lowest BCUT2D eigenvalue weighted by Gasteiger charge is -2.53. The molecule has 2 aliphatic rings. The molecule has 0 radical (unpaired) electrons. The second-order valence-corrected chi connectivity index (χ2v) is 7.16. The molecule has 3 aromatic heterocycles.